The molecule has 88 valence electrons. The van der Waals surface area contributed by atoms with Crippen LogP contribution in [0.2, 0.25) is 0 Å². The number of aryl methyl sites for hydroxylation is 2. The zero-order valence-electron chi connectivity index (χ0n) is 9.91. The molecule has 1 aromatic heterocycles. The fraction of sp³-hybridized carbons (Fsp3) is 0.500. The number of hydrogen-bond acceptors (Lipinski definition) is 3. The first-order chi connectivity index (χ1) is 7.56. The topological polar surface area (TPSA) is 59.4 Å². The van der Waals surface area contributed by atoms with Crippen LogP contribution in [0, 0.1) is 13.8 Å². The minimum Gasteiger partial charge on any atom is -0.493 e. The number of carboxylic acid groups (broad SMARTS) is 1. The summed E-state index contributed by atoms with van der Waals surface area (Å²) in [4.78, 5) is 15.2. The van der Waals surface area contributed by atoms with Gasteiger partial charge in [0.1, 0.15) is 11.3 Å². The summed E-state index contributed by atoms with van der Waals surface area (Å²) in [5.74, 6) is -0.567. The van der Waals surface area contributed by atoms with Crippen molar-refractivity contribution in [3.63, 3.8) is 0 Å². The average molecular weight is 223 g/mol. The number of carboxylic acids is 1. The highest BCUT2D eigenvalue weighted by Gasteiger charge is 2.16. The molecule has 0 aliphatic carbocycles. The minimum absolute atomic E-state index is 0.168. The third-order valence-electron chi connectivity index (χ3n) is 2.26. The highest BCUT2D eigenvalue weighted by molar-refractivity contribution is 5.92. The van der Waals surface area contributed by atoms with Crippen molar-refractivity contribution in [3.05, 3.63) is 23.0 Å². The summed E-state index contributed by atoms with van der Waals surface area (Å²) in [7, 11) is 0. The SMILES string of the molecule is CCCCOc1cc(C)nc(C)c1C(=O)O. The molecule has 1 rings (SSSR count). The van der Waals surface area contributed by atoms with E-state index >= 15 is 0 Å². The van der Waals surface area contributed by atoms with Crippen LogP contribution in [0.25, 0.3) is 0 Å². The van der Waals surface area contributed by atoms with Gasteiger partial charge in [-0.15, -0.1) is 0 Å². The Balaban J connectivity index is 2.99. The lowest BCUT2D eigenvalue weighted by molar-refractivity contribution is 0.0690. The van der Waals surface area contributed by atoms with E-state index in [0.717, 1.165) is 18.5 Å². The molecule has 0 amide bonds. The highest BCUT2D eigenvalue weighted by Crippen LogP contribution is 2.22. The molecule has 0 fully saturated rings. The standard InChI is InChI=1S/C12H17NO3/c1-4-5-6-16-10-7-8(2)13-9(3)11(10)12(14)15/h7H,4-6H2,1-3H3,(H,14,15). The van der Waals surface area contributed by atoms with Crippen LogP contribution in [0.3, 0.4) is 0 Å². The van der Waals surface area contributed by atoms with Gasteiger partial charge >= 0.3 is 5.97 Å². The van der Waals surface area contributed by atoms with Gasteiger partial charge in [0, 0.05) is 11.8 Å². The lowest BCUT2D eigenvalue weighted by atomic mass is 10.1. The Bertz CT molecular complexity index is 388. The van der Waals surface area contributed by atoms with Crippen LogP contribution in [0.5, 0.6) is 5.75 Å². The third kappa shape index (κ3) is 2.95. The Labute approximate surface area is 95.3 Å². The Morgan fingerprint density at radius 2 is 2.19 bits per heavy atom. The second-order valence-electron chi connectivity index (χ2n) is 3.73. The lowest BCUT2D eigenvalue weighted by Gasteiger charge is -2.11. The summed E-state index contributed by atoms with van der Waals surface area (Å²) < 4.78 is 5.48. The Hall–Kier alpha value is -1.58. The van der Waals surface area contributed by atoms with Gasteiger partial charge in [-0.3, -0.25) is 4.98 Å². The summed E-state index contributed by atoms with van der Waals surface area (Å²) in [6.07, 6.45) is 1.94. The van der Waals surface area contributed by atoms with Crippen LogP contribution in [0.4, 0.5) is 0 Å². The van der Waals surface area contributed by atoms with E-state index in [1.54, 1.807) is 13.0 Å². The Kier molecular flexibility index (Phi) is 4.28. The molecule has 0 atom stereocenters. The number of pyridine rings is 1. The van der Waals surface area contributed by atoms with Gasteiger partial charge in [0.25, 0.3) is 0 Å². The van der Waals surface area contributed by atoms with Crippen molar-refractivity contribution in [2.24, 2.45) is 0 Å². The number of rotatable bonds is 5. The summed E-state index contributed by atoms with van der Waals surface area (Å²) in [5, 5.41) is 9.07. The molecule has 1 N–H and O–H groups in total. The van der Waals surface area contributed by atoms with Crippen molar-refractivity contribution in [1.29, 1.82) is 0 Å². The van der Waals surface area contributed by atoms with Gasteiger partial charge < -0.3 is 9.84 Å². The maximum atomic E-state index is 11.1. The number of hydrogen-bond donors (Lipinski definition) is 1. The normalized spacial score (nSPS) is 10.2. The van der Waals surface area contributed by atoms with Crippen molar-refractivity contribution < 1.29 is 14.6 Å². The zero-order valence-corrected chi connectivity index (χ0v) is 9.91. The van der Waals surface area contributed by atoms with Crippen molar-refractivity contribution in [2.45, 2.75) is 33.6 Å². The van der Waals surface area contributed by atoms with Crippen molar-refractivity contribution >= 4 is 5.97 Å². The number of unbranched alkanes of at least 4 members (excludes halogenated alkanes) is 1. The molecule has 0 aliphatic heterocycles. The number of ether oxygens (including phenoxy) is 1. The predicted molar refractivity (Wildman–Crippen MR) is 61.1 cm³/mol. The first-order valence-electron chi connectivity index (χ1n) is 5.40. The number of carbonyl (C=O) groups is 1. The fourth-order valence-corrected chi connectivity index (χ4v) is 1.49. The molecule has 0 saturated heterocycles. The Morgan fingerprint density at radius 1 is 1.50 bits per heavy atom. The summed E-state index contributed by atoms with van der Waals surface area (Å²) >= 11 is 0. The molecular formula is C12H17NO3. The molecule has 1 heterocycles. The third-order valence-corrected chi connectivity index (χ3v) is 2.26. The molecule has 1 aromatic rings. The van der Waals surface area contributed by atoms with Gasteiger partial charge in [-0.2, -0.15) is 0 Å². The Morgan fingerprint density at radius 3 is 2.75 bits per heavy atom. The van der Waals surface area contributed by atoms with E-state index in [1.165, 1.54) is 0 Å². The van der Waals surface area contributed by atoms with Gasteiger partial charge in [-0.1, -0.05) is 13.3 Å². The van der Waals surface area contributed by atoms with Crippen LogP contribution >= 0.6 is 0 Å². The van der Waals surface area contributed by atoms with E-state index in [0.29, 0.717) is 18.1 Å². The maximum Gasteiger partial charge on any atom is 0.341 e. The van der Waals surface area contributed by atoms with Crippen LogP contribution in [0.15, 0.2) is 6.07 Å². The molecule has 0 spiro atoms. The van der Waals surface area contributed by atoms with Crippen LogP contribution in [0.1, 0.15) is 41.5 Å². The van der Waals surface area contributed by atoms with Crippen molar-refractivity contribution in [2.75, 3.05) is 6.61 Å². The molecule has 0 bridgehead atoms. The number of nitrogens with zero attached hydrogens (tertiary/aromatic N) is 1. The van der Waals surface area contributed by atoms with Crippen LogP contribution in [-0.2, 0) is 0 Å². The van der Waals surface area contributed by atoms with Crippen LogP contribution in [-0.4, -0.2) is 22.7 Å². The molecular weight excluding hydrogens is 206 g/mol. The van der Waals surface area contributed by atoms with E-state index in [2.05, 4.69) is 11.9 Å². The molecule has 4 heteroatoms. The van der Waals surface area contributed by atoms with Gasteiger partial charge in [0.15, 0.2) is 0 Å². The summed E-state index contributed by atoms with van der Waals surface area (Å²) in [5.41, 5.74) is 1.44. The highest BCUT2D eigenvalue weighted by atomic mass is 16.5. The molecule has 4 nitrogen and oxygen atoms in total. The van der Waals surface area contributed by atoms with Crippen molar-refractivity contribution in [1.82, 2.24) is 4.98 Å². The average Bonchev–Trinajstić information content (AvgIpc) is 2.16. The minimum atomic E-state index is -0.989. The van der Waals surface area contributed by atoms with Gasteiger partial charge in [0.2, 0.25) is 0 Å². The predicted octanol–water partition coefficient (Wildman–Crippen LogP) is 2.58. The zero-order chi connectivity index (χ0) is 12.1. The summed E-state index contributed by atoms with van der Waals surface area (Å²) in [6.45, 7) is 6.11. The molecule has 0 aromatic carbocycles. The van der Waals surface area contributed by atoms with Gasteiger partial charge in [-0.25, -0.2) is 4.79 Å². The first-order valence-corrected chi connectivity index (χ1v) is 5.40. The van der Waals surface area contributed by atoms with Gasteiger partial charge in [0.05, 0.1) is 12.3 Å². The lowest BCUT2D eigenvalue weighted by Crippen LogP contribution is -2.08. The smallest absolute Gasteiger partial charge is 0.341 e. The second-order valence-corrected chi connectivity index (χ2v) is 3.73. The van der Waals surface area contributed by atoms with E-state index < -0.39 is 5.97 Å². The molecule has 0 radical (unpaired) electrons. The quantitative estimate of drug-likeness (QED) is 0.779. The van der Waals surface area contributed by atoms with Crippen molar-refractivity contribution in [3.8, 4) is 5.75 Å². The van der Waals surface area contributed by atoms with E-state index in [-0.39, 0.29) is 5.56 Å². The monoisotopic (exact) mass is 223 g/mol. The number of aromatic nitrogens is 1. The van der Waals surface area contributed by atoms with E-state index in [1.807, 2.05) is 6.92 Å². The second kappa shape index (κ2) is 5.49. The van der Waals surface area contributed by atoms with Gasteiger partial charge in [-0.05, 0) is 20.3 Å². The fourth-order valence-electron chi connectivity index (χ4n) is 1.49. The maximum absolute atomic E-state index is 11.1. The molecule has 16 heavy (non-hydrogen) atoms. The largest absolute Gasteiger partial charge is 0.493 e. The number of aromatic carboxylic acids is 1. The van der Waals surface area contributed by atoms with Crippen LogP contribution < -0.4 is 4.74 Å². The molecule has 0 aliphatic rings. The molecule has 0 saturated carbocycles. The summed E-state index contributed by atoms with van der Waals surface area (Å²) in [6, 6.07) is 1.67. The van der Waals surface area contributed by atoms with E-state index in [4.69, 9.17) is 9.84 Å². The molecule has 0 unspecified atom stereocenters. The first kappa shape index (κ1) is 12.5. The van der Waals surface area contributed by atoms with E-state index in [9.17, 15) is 4.79 Å².